The molecule has 108 valence electrons. The zero-order chi connectivity index (χ0) is 13.9. The molecule has 2 rings (SSSR count). The predicted molar refractivity (Wildman–Crippen MR) is 78.8 cm³/mol. The molecule has 0 amide bonds. The molecule has 1 aromatic heterocycles. The van der Waals surface area contributed by atoms with Crippen molar-refractivity contribution in [3.63, 3.8) is 0 Å². The summed E-state index contributed by atoms with van der Waals surface area (Å²) in [5, 5.41) is 0. The topological polar surface area (TPSA) is 42.4 Å². The number of furan rings is 1. The maximum atomic E-state index is 6.16. The smallest absolute Gasteiger partial charge is 0.0947 e. The molecule has 3 nitrogen and oxygen atoms in total. The second-order valence-electron chi connectivity index (χ2n) is 6.93. The summed E-state index contributed by atoms with van der Waals surface area (Å²) < 4.78 is 5.17. The van der Waals surface area contributed by atoms with E-state index >= 15 is 0 Å². The van der Waals surface area contributed by atoms with Crippen molar-refractivity contribution in [2.45, 2.75) is 58.0 Å². The first-order chi connectivity index (χ1) is 8.97. The normalized spacial score (nSPS) is 27.4. The van der Waals surface area contributed by atoms with Crippen molar-refractivity contribution >= 4 is 0 Å². The summed E-state index contributed by atoms with van der Waals surface area (Å²) in [6, 6.07) is 2.04. The van der Waals surface area contributed by atoms with E-state index in [9.17, 15) is 0 Å². The van der Waals surface area contributed by atoms with Gasteiger partial charge in [0.25, 0.3) is 0 Å². The quantitative estimate of drug-likeness (QED) is 0.848. The molecular weight excluding hydrogens is 236 g/mol. The van der Waals surface area contributed by atoms with Crippen LogP contribution in [0, 0.1) is 5.41 Å². The number of hydrogen-bond donors (Lipinski definition) is 1. The van der Waals surface area contributed by atoms with E-state index in [1.165, 1.54) is 37.7 Å². The first kappa shape index (κ1) is 14.6. The maximum Gasteiger partial charge on any atom is 0.0947 e. The second-order valence-corrected chi connectivity index (χ2v) is 6.93. The van der Waals surface area contributed by atoms with Crippen molar-refractivity contribution in [3.05, 3.63) is 24.2 Å². The Morgan fingerprint density at radius 2 is 2.05 bits per heavy atom. The van der Waals surface area contributed by atoms with Crippen LogP contribution in [0.2, 0.25) is 0 Å². The Hall–Kier alpha value is -0.800. The summed E-state index contributed by atoms with van der Waals surface area (Å²) in [4.78, 5) is 2.44. The highest BCUT2D eigenvalue weighted by Gasteiger charge is 2.37. The molecule has 3 heteroatoms. The molecule has 1 fully saturated rings. The van der Waals surface area contributed by atoms with Crippen LogP contribution in [0.3, 0.4) is 0 Å². The lowest BCUT2D eigenvalue weighted by atomic mass is 9.83. The fourth-order valence-corrected chi connectivity index (χ4v) is 3.28. The van der Waals surface area contributed by atoms with E-state index in [1.54, 1.807) is 6.26 Å². The zero-order valence-electron chi connectivity index (χ0n) is 12.6. The van der Waals surface area contributed by atoms with Crippen LogP contribution in [-0.4, -0.2) is 24.0 Å². The van der Waals surface area contributed by atoms with Crippen LogP contribution in [0.15, 0.2) is 23.0 Å². The first-order valence-electron chi connectivity index (χ1n) is 7.40. The van der Waals surface area contributed by atoms with Gasteiger partial charge in [-0.25, -0.2) is 0 Å². The predicted octanol–water partition coefficient (Wildman–Crippen LogP) is 3.40. The van der Waals surface area contributed by atoms with Crippen LogP contribution in [0.5, 0.6) is 0 Å². The monoisotopic (exact) mass is 264 g/mol. The number of hydrogen-bond acceptors (Lipinski definition) is 3. The van der Waals surface area contributed by atoms with Gasteiger partial charge >= 0.3 is 0 Å². The largest absolute Gasteiger partial charge is 0.472 e. The van der Waals surface area contributed by atoms with Gasteiger partial charge < -0.3 is 10.2 Å². The van der Waals surface area contributed by atoms with Gasteiger partial charge in [-0.3, -0.25) is 4.90 Å². The molecule has 19 heavy (non-hydrogen) atoms. The Labute approximate surface area is 117 Å². The lowest BCUT2D eigenvalue weighted by Crippen LogP contribution is -2.51. The van der Waals surface area contributed by atoms with Crippen molar-refractivity contribution < 1.29 is 4.42 Å². The van der Waals surface area contributed by atoms with E-state index in [0.717, 1.165) is 13.1 Å². The summed E-state index contributed by atoms with van der Waals surface area (Å²) in [5.41, 5.74) is 8.02. The third-order valence-corrected chi connectivity index (χ3v) is 4.95. The van der Waals surface area contributed by atoms with Gasteiger partial charge in [0.1, 0.15) is 0 Å². The Morgan fingerprint density at radius 3 is 2.68 bits per heavy atom. The summed E-state index contributed by atoms with van der Waals surface area (Å²) in [6.45, 7) is 6.44. The summed E-state index contributed by atoms with van der Waals surface area (Å²) in [5.74, 6) is 0. The van der Waals surface area contributed by atoms with Gasteiger partial charge in [-0.05, 0) is 44.2 Å². The average Bonchev–Trinajstić information content (AvgIpc) is 2.80. The molecule has 0 aliphatic heterocycles. The van der Waals surface area contributed by atoms with E-state index in [-0.39, 0.29) is 5.54 Å². The fourth-order valence-electron chi connectivity index (χ4n) is 3.28. The SMILES string of the molecule is CN(Cc1ccoc1)C1(CN)CCCC(C)(C)CC1. The van der Waals surface area contributed by atoms with Gasteiger partial charge in [-0.15, -0.1) is 0 Å². The summed E-state index contributed by atoms with van der Waals surface area (Å²) in [6.07, 6.45) is 9.84. The van der Waals surface area contributed by atoms with Gasteiger partial charge in [0.05, 0.1) is 12.5 Å². The van der Waals surface area contributed by atoms with Crippen molar-refractivity contribution in [3.8, 4) is 0 Å². The molecule has 1 unspecified atom stereocenters. The summed E-state index contributed by atoms with van der Waals surface area (Å²) in [7, 11) is 2.21. The van der Waals surface area contributed by atoms with E-state index in [0.29, 0.717) is 5.41 Å². The molecule has 1 saturated carbocycles. The van der Waals surface area contributed by atoms with Gasteiger partial charge in [0, 0.05) is 24.2 Å². The minimum absolute atomic E-state index is 0.158. The van der Waals surface area contributed by atoms with Crippen molar-refractivity contribution in [1.29, 1.82) is 0 Å². The Morgan fingerprint density at radius 1 is 1.26 bits per heavy atom. The lowest BCUT2D eigenvalue weighted by molar-refractivity contribution is 0.0959. The molecule has 0 aromatic carbocycles. The maximum absolute atomic E-state index is 6.16. The van der Waals surface area contributed by atoms with Crippen LogP contribution in [-0.2, 0) is 6.54 Å². The van der Waals surface area contributed by atoms with Crippen molar-refractivity contribution in [2.24, 2.45) is 11.1 Å². The molecule has 1 atom stereocenters. The van der Waals surface area contributed by atoms with E-state index in [1.807, 2.05) is 12.3 Å². The lowest BCUT2D eigenvalue weighted by Gasteiger charge is -2.41. The molecule has 1 aromatic rings. The van der Waals surface area contributed by atoms with Crippen molar-refractivity contribution in [2.75, 3.05) is 13.6 Å². The van der Waals surface area contributed by atoms with Crippen LogP contribution in [0.1, 0.15) is 51.5 Å². The third kappa shape index (κ3) is 3.40. The number of rotatable bonds is 4. The number of nitrogens with two attached hydrogens (primary N) is 1. The van der Waals surface area contributed by atoms with E-state index < -0.39 is 0 Å². The minimum Gasteiger partial charge on any atom is -0.472 e. The fraction of sp³-hybridized carbons (Fsp3) is 0.750. The molecular formula is C16H28N2O. The highest BCUT2D eigenvalue weighted by Crippen LogP contribution is 2.40. The highest BCUT2D eigenvalue weighted by molar-refractivity contribution is 5.07. The van der Waals surface area contributed by atoms with Gasteiger partial charge in [-0.2, -0.15) is 0 Å². The first-order valence-corrected chi connectivity index (χ1v) is 7.40. The minimum atomic E-state index is 0.158. The molecule has 1 heterocycles. The van der Waals surface area contributed by atoms with E-state index in [4.69, 9.17) is 10.2 Å². The average molecular weight is 264 g/mol. The molecule has 0 bridgehead atoms. The third-order valence-electron chi connectivity index (χ3n) is 4.95. The Kier molecular flexibility index (Phi) is 4.36. The van der Waals surface area contributed by atoms with Crippen LogP contribution >= 0.6 is 0 Å². The Bertz CT molecular complexity index is 385. The molecule has 1 aliphatic rings. The standard InChI is InChI=1S/C16H28N2O/c1-15(2)6-4-7-16(13-17,9-8-15)18(3)11-14-5-10-19-12-14/h5,10,12H,4,6-9,11,13,17H2,1-3H3. The van der Waals surface area contributed by atoms with Gasteiger partial charge in [0.15, 0.2) is 0 Å². The molecule has 0 radical (unpaired) electrons. The van der Waals surface area contributed by atoms with Crippen LogP contribution in [0.4, 0.5) is 0 Å². The van der Waals surface area contributed by atoms with Crippen LogP contribution < -0.4 is 5.73 Å². The summed E-state index contributed by atoms with van der Waals surface area (Å²) >= 11 is 0. The highest BCUT2D eigenvalue weighted by atomic mass is 16.3. The van der Waals surface area contributed by atoms with Crippen molar-refractivity contribution in [1.82, 2.24) is 4.90 Å². The number of nitrogens with zero attached hydrogens (tertiary/aromatic N) is 1. The van der Waals surface area contributed by atoms with E-state index in [2.05, 4.69) is 25.8 Å². The van der Waals surface area contributed by atoms with Gasteiger partial charge in [0.2, 0.25) is 0 Å². The molecule has 0 spiro atoms. The number of likely N-dealkylation sites (N-methyl/N-ethyl adjacent to an activating group) is 1. The zero-order valence-corrected chi connectivity index (χ0v) is 12.6. The van der Waals surface area contributed by atoms with Crippen LogP contribution in [0.25, 0.3) is 0 Å². The molecule has 1 aliphatic carbocycles. The molecule has 0 saturated heterocycles. The Balaban J connectivity index is 2.08. The second kappa shape index (κ2) is 5.68. The van der Waals surface area contributed by atoms with Gasteiger partial charge in [-0.1, -0.05) is 20.3 Å². The molecule has 2 N–H and O–H groups in total.